The van der Waals surface area contributed by atoms with Gasteiger partial charge in [-0.1, -0.05) is 24.6 Å². The number of hydrogen-bond donors (Lipinski definition) is 0. The molecule has 1 fully saturated rings. The molecule has 1 aromatic heterocycles. The van der Waals surface area contributed by atoms with Crippen molar-refractivity contribution in [3.63, 3.8) is 0 Å². The van der Waals surface area contributed by atoms with Gasteiger partial charge in [0, 0.05) is 18.8 Å². The first kappa shape index (κ1) is 17.8. The summed E-state index contributed by atoms with van der Waals surface area (Å²) in [5.41, 5.74) is 3.56. The maximum atomic E-state index is 12.7. The molecule has 5 heteroatoms. The van der Waals surface area contributed by atoms with E-state index in [0.717, 1.165) is 42.8 Å². The Morgan fingerprint density at radius 1 is 1.17 bits per heavy atom. The van der Waals surface area contributed by atoms with Crippen LogP contribution in [0.1, 0.15) is 55.0 Å². The highest BCUT2D eigenvalue weighted by Crippen LogP contribution is 2.30. The highest BCUT2D eigenvalue weighted by Gasteiger charge is 2.24. The summed E-state index contributed by atoms with van der Waals surface area (Å²) in [5, 5.41) is 9.92. The average Bonchev–Trinajstić information content (AvgIpc) is 2.81. The molecule has 2 rings (SSSR count). The molecule has 124 valence electrons. The number of aryl methyl sites for hydroxylation is 1. The Kier molecular flexibility index (Phi) is 6.06. The fourth-order valence-electron chi connectivity index (χ4n) is 2.89. The lowest BCUT2D eigenvalue weighted by Gasteiger charge is -2.24. The first-order chi connectivity index (χ1) is 11.0. The van der Waals surface area contributed by atoms with Gasteiger partial charge in [-0.2, -0.15) is 5.26 Å². The predicted octanol–water partition coefficient (Wildman–Crippen LogP) is 3.76. The number of nitrogens with zero attached hydrogens (tertiary/aromatic N) is 3. The van der Waals surface area contributed by atoms with Gasteiger partial charge in [-0.05, 0) is 51.7 Å². The van der Waals surface area contributed by atoms with Gasteiger partial charge in [0.1, 0.15) is 11.1 Å². The Bertz CT molecular complexity index is 628. The van der Waals surface area contributed by atoms with Crippen molar-refractivity contribution >= 4 is 17.7 Å². The van der Waals surface area contributed by atoms with Crippen LogP contribution in [-0.4, -0.2) is 34.1 Å². The molecule has 0 unspecified atom stereocenters. The van der Waals surface area contributed by atoms with E-state index in [2.05, 4.69) is 11.1 Å². The van der Waals surface area contributed by atoms with Crippen LogP contribution in [0.15, 0.2) is 5.03 Å². The Labute approximate surface area is 143 Å². The van der Waals surface area contributed by atoms with E-state index in [1.54, 1.807) is 0 Å². The number of carbonyl (C=O) groups is 1. The van der Waals surface area contributed by atoms with Crippen LogP contribution in [0.2, 0.25) is 0 Å². The molecule has 0 spiro atoms. The molecule has 4 nitrogen and oxygen atoms in total. The van der Waals surface area contributed by atoms with Crippen molar-refractivity contribution in [2.45, 2.75) is 63.7 Å². The molecular weight excluding hydrogens is 306 g/mol. The molecule has 1 aliphatic heterocycles. The number of aromatic nitrogens is 1. The van der Waals surface area contributed by atoms with Crippen LogP contribution in [0.3, 0.4) is 0 Å². The molecule has 23 heavy (non-hydrogen) atoms. The van der Waals surface area contributed by atoms with Crippen LogP contribution in [-0.2, 0) is 4.79 Å². The van der Waals surface area contributed by atoms with Gasteiger partial charge in [-0.25, -0.2) is 4.98 Å². The molecule has 1 aromatic rings. The molecule has 1 saturated heterocycles. The maximum Gasteiger partial charge on any atom is 0.235 e. The third-order valence-corrected chi connectivity index (χ3v) is 5.70. The molecule has 0 saturated carbocycles. The zero-order valence-corrected chi connectivity index (χ0v) is 15.3. The average molecular weight is 331 g/mol. The quantitative estimate of drug-likeness (QED) is 0.791. The van der Waals surface area contributed by atoms with Crippen molar-refractivity contribution < 1.29 is 4.79 Å². The largest absolute Gasteiger partial charge is 0.342 e. The Balaban J connectivity index is 2.18. The van der Waals surface area contributed by atoms with Gasteiger partial charge < -0.3 is 4.90 Å². The summed E-state index contributed by atoms with van der Waals surface area (Å²) >= 11 is 1.42. The van der Waals surface area contributed by atoms with Crippen LogP contribution >= 0.6 is 11.8 Å². The van der Waals surface area contributed by atoms with Gasteiger partial charge >= 0.3 is 0 Å². The monoisotopic (exact) mass is 331 g/mol. The number of amides is 1. The molecule has 0 bridgehead atoms. The minimum atomic E-state index is -0.214. The van der Waals surface area contributed by atoms with Crippen LogP contribution in [0.25, 0.3) is 0 Å². The molecule has 0 radical (unpaired) electrons. The minimum Gasteiger partial charge on any atom is -0.342 e. The molecule has 1 aliphatic rings. The summed E-state index contributed by atoms with van der Waals surface area (Å²) < 4.78 is 0. The van der Waals surface area contributed by atoms with Crippen LogP contribution in [0.4, 0.5) is 0 Å². The van der Waals surface area contributed by atoms with Gasteiger partial charge in [0.2, 0.25) is 5.91 Å². The van der Waals surface area contributed by atoms with E-state index in [-0.39, 0.29) is 11.2 Å². The van der Waals surface area contributed by atoms with E-state index in [9.17, 15) is 10.1 Å². The summed E-state index contributed by atoms with van der Waals surface area (Å²) in [6, 6.07) is 2.26. The second kappa shape index (κ2) is 7.83. The summed E-state index contributed by atoms with van der Waals surface area (Å²) in [5.74, 6) is 0.165. The Morgan fingerprint density at radius 3 is 2.35 bits per heavy atom. The fourth-order valence-corrected chi connectivity index (χ4v) is 3.99. The van der Waals surface area contributed by atoms with Crippen molar-refractivity contribution in [2.75, 3.05) is 13.1 Å². The van der Waals surface area contributed by atoms with Crippen LogP contribution in [0.5, 0.6) is 0 Å². The van der Waals surface area contributed by atoms with Crippen molar-refractivity contribution in [1.29, 1.82) is 5.26 Å². The number of nitriles is 1. The third kappa shape index (κ3) is 4.06. The second-order valence-electron chi connectivity index (χ2n) is 6.24. The number of pyridine rings is 1. The molecular formula is C18H25N3OS. The van der Waals surface area contributed by atoms with E-state index in [1.807, 2.05) is 32.6 Å². The van der Waals surface area contributed by atoms with Gasteiger partial charge in [0.05, 0.1) is 10.8 Å². The number of hydrogen-bond acceptors (Lipinski definition) is 4. The zero-order valence-electron chi connectivity index (χ0n) is 14.5. The number of rotatable bonds is 3. The number of likely N-dealkylation sites (tertiary alicyclic amines) is 1. The predicted molar refractivity (Wildman–Crippen MR) is 93.5 cm³/mol. The van der Waals surface area contributed by atoms with Gasteiger partial charge in [-0.15, -0.1) is 0 Å². The van der Waals surface area contributed by atoms with E-state index in [0.29, 0.717) is 10.6 Å². The van der Waals surface area contributed by atoms with Crippen molar-refractivity contribution in [1.82, 2.24) is 9.88 Å². The lowest BCUT2D eigenvalue weighted by molar-refractivity contribution is -0.130. The standard InChI is InChI=1S/C18H25N3OS/c1-12-13(2)16(11-19)17(20-14(12)3)23-15(4)18(22)21-9-7-5-6-8-10-21/h15H,5-10H2,1-4H3/t15-/m0/s1. The van der Waals surface area contributed by atoms with Gasteiger partial charge in [0.15, 0.2) is 0 Å². The molecule has 0 N–H and O–H groups in total. The molecule has 0 aliphatic carbocycles. The zero-order chi connectivity index (χ0) is 17.0. The van der Waals surface area contributed by atoms with E-state index >= 15 is 0 Å². The lowest BCUT2D eigenvalue weighted by atomic mass is 10.1. The second-order valence-corrected chi connectivity index (χ2v) is 7.57. The summed E-state index contributed by atoms with van der Waals surface area (Å²) in [6.45, 7) is 9.52. The van der Waals surface area contributed by atoms with Gasteiger partial charge in [0.25, 0.3) is 0 Å². The number of carbonyl (C=O) groups excluding carboxylic acids is 1. The topological polar surface area (TPSA) is 57.0 Å². The highest BCUT2D eigenvalue weighted by atomic mass is 32.2. The fraction of sp³-hybridized carbons (Fsp3) is 0.611. The molecule has 1 atom stereocenters. The van der Waals surface area contributed by atoms with Crippen molar-refractivity contribution in [2.24, 2.45) is 0 Å². The summed E-state index contributed by atoms with van der Waals surface area (Å²) in [7, 11) is 0. The molecule has 0 aromatic carbocycles. The van der Waals surface area contributed by atoms with Crippen LogP contribution in [0, 0.1) is 32.1 Å². The highest BCUT2D eigenvalue weighted by molar-refractivity contribution is 8.00. The normalized spacial score (nSPS) is 16.6. The number of thioether (sulfide) groups is 1. The van der Waals surface area contributed by atoms with Crippen LogP contribution < -0.4 is 0 Å². The van der Waals surface area contributed by atoms with E-state index in [4.69, 9.17) is 0 Å². The van der Waals surface area contributed by atoms with Crippen molar-refractivity contribution in [3.05, 3.63) is 22.4 Å². The smallest absolute Gasteiger partial charge is 0.235 e. The van der Waals surface area contributed by atoms with Crippen molar-refractivity contribution in [3.8, 4) is 6.07 Å². The Morgan fingerprint density at radius 2 is 1.78 bits per heavy atom. The summed E-state index contributed by atoms with van der Waals surface area (Å²) in [4.78, 5) is 19.2. The first-order valence-electron chi connectivity index (χ1n) is 8.29. The van der Waals surface area contributed by atoms with Gasteiger partial charge in [-0.3, -0.25) is 4.79 Å². The van der Waals surface area contributed by atoms with E-state index < -0.39 is 0 Å². The molecule has 2 heterocycles. The minimum absolute atomic E-state index is 0.165. The Hall–Kier alpha value is -1.54. The summed E-state index contributed by atoms with van der Waals surface area (Å²) in [6.07, 6.45) is 4.60. The lowest BCUT2D eigenvalue weighted by Crippen LogP contribution is -2.37. The maximum absolute atomic E-state index is 12.7. The molecule has 1 amide bonds. The first-order valence-corrected chi connectivity index (χ1v) is 9.17. The third-order valence-electron chi connectivity index (χ3n) is 4.63. The van der Waals surface area contributed by atoms with E-state index in [1.165, 1.54) is 24.6 Å². The SMILES string of the molecule is Cc1nc(S[C@@H](C)C(=O)N2CCCCCC2)c(C#N)c(C)c1C.